The van der Waals surface area contributed by atoms with Crippen LogP contribution in [0.3, 0.4) is 0 Å². The van der Waals surface area contributed by atoms with Gasteiger partial charge in [-0.3, -0.25) is 0 Å². The molecule has 133 valence electrons. The first-order valence-electron chi connectivity index (χ1n) is 8.16. The van der Waals surface area contributed by atoms with Crippen LogP contribution in [0.4, 0.5) is 0 Å². The molecule has 0 amide bonds. The first-order valence-corrected chi connectivity index (χ1v) is 11.6. The molecule has 0 aromatic heterocycles. The van der Waals surface area contributed by atoms with Gasteiger partial charge in [-0.15, -0.1) is 0 Å². The van der Waals surface area contributed by atoms with Crippen LogP contribution in [-0.2, 0) is 9.59 Å². The molecule has 0 aromatic carbocycles. The van der Waals surface area contributed by atoms with Crippen molar-refractivity contribution in [2.24, 2.45) is 0 Å². The van der Waals surface area contributed by atoms with Gasteiger partial charge < -0.3 is 0 Å². The molecule has 1 N–H and O–H groups in total. The van der Waals surface area contributed by atoms with E-state index in [2.05, 4.69) is 27.7 Å². The number of hydrogen-bond donors (Lipinski definition) is 1. The van der Waals surface area contributed by atoms with Crippen molar-refractivity contribution in [2.45, 2.75) is 27.7 Å². The van der Waals surface area contributed by atoms with Crippen molar-refractivity contribution in [2.75, 3.05) is 0 Å². The van der Waals surface area contributed by atoms with Crippen LogP contribution < -0.4 is 0 Å². The van der Waals surface area contributed by atoms with Crippen molar-refractivity contribution in [1.29, 1.82) is 0 Å². The Morgan fingerprint density at radius 1 is 0.846 bits per heavy atom. The Labute approximate surface area is 165 Å². The first-order chi connectivity index (χ1) is 12.2. The molecule has 1 aliphatic carbocycles. The maximum absolute atomic E-state index is 12.4. The number of hydrogen-bond acceptors (Lipinski definition) is 3. The molecule has 0 atom stereocenters. The average Bonchev–Trinajstić information content (AvgIpc) is 2.71. The van der Waals surface area contributed by atoms with Crippen LogP contribution in [0, 0.1) is 0 Å². The molecule has 3 rings (SSSR count). The first kappa shape index (κ1) is 19.0. The van der Waals surface area contributed by atoms with Gasteiger partial charge in [-0.05, 0) is 0 Å². The standard InChI is InChI=1S/C21H19O3Se2/c1-11-5-15(6-12(2)25-11)9-17-19(22)18(21(24)20(17)23)10-16-7-13(3)26-14(4)8-16/h5-10,22H,1-4H3. The van der Waals surface area contributed by atoms with Crippen molar-refractivity contribution in [3.63, 3.8) is 0 Å². The number of ketones is 2. The molecule has 2 aliphatic heterocycles. The van der Waals surface area contributed by atoms with E-state index >= 15 is 0 Å². The van der Waals surface area contributed by atoms with E-state index in [4.69, 9.17) is 0 Å². The Morgan fingerprint density at radius 3 is 2.12 bits per heavy atom. The number of carbonyl (C=O) groups is 2. The summed E-state index contributed by atoms with van der Waals surface area (Å²) < 4.78 is 4.99. The van der Waals surface area contributed by atoms with Crippen LogP contribution in [0.1, 0.15) is 27.7 Å². The monoisotopic (exact) mass is 479 g/mol. The third kappa shape index (κ3) is 3.97. The second-order valence-corrected chi connectivity index (χ2v) is 12.6. The normalized spacial score (nSPS) is 22.2. The van der Waals surface area contributed by atoms with E-state index in [0.717, 1.165) is 11.1 Å². The minimum atomic E-state index is -0.642. The second kappa shape index (κ2) is 7.46. The summed E-state index contributed by atoms with van der Waals surface area (Å²) in [6, 6.07) is 0. The molecular formula is C21H19O3Se2. The third-order valence-electron chi connectivity index (χ3n) is 3.95. The van der Waals surface area contributed by atoms with E-state index in [-0.39, 0.29) is 16.9 Å². The molecule has 0 saturated heterocycles. The molecule has 0 bridgehead atoms. The number of carbonyl (C=O) groups excluding carboxylic acids is 2. The van der Waals surface area contributed by atoms with Crippen LogP contribution in [0.5, 0.6) is 0 Å². The van der Waals surface area contributed by atoms with E-state index in [1.807, 2.05) is 24.3 Å². The van der Waals surface area contributed by atoms with Gasteiger partial charge >= 0.3 is 166 Å². The van der Waals surface area contributed by atoms with Crippen LogP contribution in [0.15, 0.2) is 77.9 Å². The molecular weight excluding hydrogens is 458 g/mol. The molecule has 5 heteroatoms. The molecule has 1 radical (unpaired) electrons. The van der Waals surface area contributed by atoms with E-state index < -0.39 is 11.6 Å². The molecule has 3 nitrogen and oxygen atoms in total. The van der Waals surface area contributed by atoms with Gasteiger partial charge in [0, 0.05) is 0 Å². The number of allylic oxidation sites excluding steroid dienone is 13. The second-order valence-electron chi connectivity index (χ2n) is 6.35. The zero-order valence-electron chi connectivity index (χ0n) is 15.0. The summed E-state index contributed by atoms with van der Waals surface area (Å²) in [4.78, 5) is 24.8. The number of rotatable bonds is 2. The van der Waals surface area contributed by atoms with Gasteiger partial charge in [0.1, 0.15) is 0 Å². The fourth-order valence-corrected chi connectivity index (χ4v) is 6.79. The van der Waals surface area contributed by atoms with Crippen LogP contribution in [-0.4, -0.2) is 50.6 Å². The van der Waals surface area contributed by atoms with Gasteiger partial charge in [0.05, 0.1) is 0 Å². The number of aliphatic hydroxyl groups is 1. The zero-order chi connectivity index (χ0) is 19.0. The van der Waals surface area contributed by atoms with Crippen LogP contribution in [0.25, 0.3) is 0 Å². The Bertz CT molecular complexity index is 954. The molecule has 0 saturated carbocycles. The summed E-state index contributed by atoms with van der Waals surface area (Å²) in [5.41, 5.74) is 1.86. The van der Waals surface area contributed by atoms with Gasteiger partial charge in [-0.2, -0.15) is 0 Å². The van der Waals surface area contributed by atoms with Gasteiger partial charge in [-0.25, -0.2) is 0 Å². The summed E-state index contributed by atoms with van der Waals surface area (Å²) in [5, 5.41) is 10.6. The van der Waals surface area contributed by atoms with E-state index in [9.17, 15) is 14.7 Å². The molecule has 26 heavy (non-hydrogen) atoms. The van der Waals surface area contributed by atoms with Crippen molar-refractivity contribution >= 4 is 45.5 Å². The van der Waals surface area contributed by atoms with Crippen LogP contribution in [0.2, 0.25) is 0 Å². The van der Waals surface area contributed by atoms with E-state index in [0.29, 0.717) is 29.5 Å². The molecule has 0 aromatic rings. The summed E-state index contributed by atoms with van der Waals surface area (Å²) in [7, 11) is 0. The number of Topliss-reactive ketones (excluding diaryl/α,β-unsaturated/α-hetero) is 2. The van der Waals surface area contributed by atoms with Gasteiger partial charge in [0.15, 0.2) is 0 Å². The Kier molecular flexibility index (Phi) is 5.45. The molecule has 2 heterocycles. The van der Waals surface area contributed by atoms with E-state index in [1.54, 1.807) is 12.2 Å². The molecule has 0 unspecified atom stereocenters. The van der Waals surface area contributed by atoms with Crippen molar-refractivity contribution in [1.82, 2.24) is 0 Å². The molecule has 0 fully saturated rings. The van der Waals surface area contributed by atoms with Crippen LogP contribution >= 0.6 is 0 Å². The average molecular weight is 477 g/mol. The summed E-state index contributed by atoms with van der Waals surface area (Å²) >= 11 is 0.670. The Balaban J connectivity index is 2.04. The van der Waals surface area contributed by atoms with Crippen molar-refractivity contribution in [3.8, 4) is 0 Å². The molecule has 3 aliphatic rings. The predicted octanol–water partition coefficient (Wildman–Crippen LogP) is 3.07. The van der Waals surface area contributed by atoms with Crippen molar-refractivity contribution in [3.05, 3.63) is 77.9 Å². The van der Waals surface area contributed by atoms with Crippen molar-refractivity contribution < 1.29 is 14.7 Å². The fourth-order valence-electron chi connectivity index (χ4n) is 3.02. The Morgan fingerprint density at radius 2 is 1.50 bits per heavy atom. The number of aliphatic hydroxyl groups excluding tert-OH is 1. The van der Waals surface area contributed by atoms with Gasteiger partial charge in [-0.1, -0.05) is 0 Å². The van der Waals surface area contributed by atoms with Gasteiger partial charge in [0.2, 0.25) is 0 Å². The zero-order valence-corrected chi connectivity index (χ0v) is 18.5. The quantitative estimate of drug-likeness (QED) is 0.378. The van der Waals surface area contributed by atoms with E-state index in [1.165, 1.54) is 17.8 Å². The SMILES string of the molecule is CC1=CC(=CC2=C(O)C(=CC3=CC(C)=[Se]C(C)=C3)C(=O)C2=O)C=C(C)[Se]1. The summed E-state index contributed by atoms with van der Waals surface area (Å²) in [6.45, 7) is 8.21. The topological polar surface area (TPSA) is 54.4 Å². The maximum atomic E-state index is 12.4. The Hall–Kier alpha value is -1.77. The summed E-state index contributed by atoms with van der Waals surface area (Å²) in [6.07, 6.45) is 11.3. The summed E-state index contributed by atoms with van der Waals surface area (Å²) in [5.74, 6) is -1.51. The predicted molar refractivity (Wildman–Crippen MR) is 107 cm³/mol. The fraction of sp³-hybridized carbons (Fsp3) is 0.190. The third-order valence-corrected chi connectivity index (χ3v) is 7.64. The molecule has 0 spiro atoms. The minimum absolute atomic E-state index is 0.0841. The van der Waals surface area contributed by atoms with Gasteiger partial charge in [0.25, 0.3) is 0 Å².